The molecule has 3 nitrogen and oxygen atoms in total. The molecule has 0 aliphatic heterocycles. The van der Waals surface area contributed by atoms with Gasteiger partial charge >= 0.3 is 5.97 Å². The van der Waals surface area contributed by atoms with Crippen LogP contribution in [-0.4, -0.2) is 18.1 Å². The summed E-state index contributed by atoms with van der Waals surface area (Å²) >= 11 is 0. The summed E-state index contributed by atoms with van der Waals surface area (Å²) in [6, 6.07) is -0.488. The lowest BCUT2D eigenvalue weighted by Gasteiger charge is -2.18. The van der Waals surface area contributed by atoms with E-state index in [9.17, 15) is 4.79 Å². The first kappa shape index (κ1) is 15.4. The first-order chi connectivity index (χ1) is 7.49. The lowest BCUT2D eigenvalue weighted by molar-refractivity contribution is -0.151. The molecule has 0 aliphatic rings. The third-order valence-electron chi connectivity index (χ3n) is 2.77. The maximum atomic E-state index is 11.5. The molecule has 0 aromatic carbocycles. The van der Waals surface area contributed by atoms with E-state index in [0.29, 0.717) is 0 Å². The molecule has 0 aliphatic carbocycles. The monoisotopic (exact) mass is 229 g/mol. The average Bonchev–Trinajstić information content (AvgIpc) is 2.23. The van der Waals surface area contributed by atoms with Crippen LogP contribution in [0.15, 0.2) is 0 Å². The Morgan fingerprint density at radius 1 is 1.19 bits per heavy atom. The molecule has 16 heavy (non-hydrogen) atoms. The van der Waals surface area contributed by atoms with E-state index >= 15 is 0 Å². The lowest BCUT2D eigenvalue weighted by Crippen LogP contribution is -2.38. The zero-order valence-electron chi connectivity index (χ0n) is 11.2. The summed E-state index contributed by atoms with van der Waals surface area (Å²) in [6.45, 7) is 7.98. The quantitative estimate of drug-likeness (QED) is 0.514. The van der Waals surface area contributed by atoms with Crippen LogP contribution in [0.1, 0.15) is 59.8 Å². The minimum Gasteiger partial charge on any atom is -0.462 e. The number of carbonyl (C=O) groups is 1. The molecule has 2 N–H and O–H groups in total. The Kier molecular flexibility index (Phi) is 8.26. The van der Waals surface area contributed by atoms with Crippen molar-refractivity contribution in [3.8, 4) is 0 Å². The zero-order valence-corrected chi connectivity index (χ0v) is 11.2. The predicted octanol–water partition coefficient (Wildman–Crippen LogP) is 2.87. The Hall–Kier alpha value is -0.570. The summed E-state index contributed by atoms with van der Waals surface area (Å²) in [5.41, 5.74) is 5.71. The van der Waals surface area contributed by atoms with E-state index in [-0.39, 0.29) is 18.0 Å². The molecule has 0 aromatic heterocycles. The van der Waals surface area contributed by atoms with E-state index < -0.39 is 6.04 Å². The second-order valence-corrected chi connectivity index (χ2v) is 4.87. The third kappa shape index (κ3) is 6.83. The molecule has 2 atom stereocenters. The summed E-state index contributed by atoms with van der Waals surface area (Å²) in [7, 11) is 0. The van der Waals surface area contributed by atoms with Crippen LogP contribution in [0.4, 0.5) is 0 Å². The summed E-state index contributed by atoms with van der Waals surface area (Å²) in [5.74, 6) is -0.127. The minimum absolute atomic E-state index is 0.00541. The highest BCUT2D eigenvalue weighted by Crippen LogP contribution is 2.10. The van der Waals surface area contributed by atoms with Gasteiger partial charge in [0.1, 0.15) is 6.04 Å². The van der Waals surface area contributed by atoms with Crippen LogP contribution in [0, 0.1) is 5.92 Å². The van der Waals surface area contributed by atoms with Crippen LogP contribution in [0.25, 0.3) is 0 Å². The van der Waals surface area contributed by atoms with E-state index in [1.54, 1.807) is 0 Å². The molecule has 0 saturated carbocycles. The molecule has 0 bridgehead atoms. The molecule has 0 spiro atoms. The van der Waals surface area contributed by atoms with Crippen molar-refractivity contribution in [1.82, 2.24) is 0 Å². The van der Waals surface area contributed by atoms with Gasteiger partial charge in [-0.3, -0.25) is 4.79 Å². The fourth-order valence-electron chi connectivity index (χ4n) is 1.47. The fraction of sp³-hybridized carbons (Fsp3) is 0.923. The largest absolute Gasteiger partial charge is 0.462 e. The summed E-state index contributed by atoms with van der Waals surface area (Å²) in [6.07, 6.45) is 5.76. The van der Waals surface area contributed by atoms with Crippen molar-refractivity contribution in [2.45, 2.75) is 71.9 Å². The van der Waals surface area contributed by atoms with Gasteiger partial charge in [0.05, 0.1) is 6.10 Å². The number of ether oxygens (including phenoxy) is 1. The van der Waals surface area contributed by atoms with E-state index in [0.717, 1.165) is 12.8 Å². The van der Waals surface area contributed by atoms with Crippen LogP contribution in [-0.2, 0) is 9.53 Å². The van der Waals surface area contributed by atoms with Crippen LogP contribution < -0.4 is 5.73 Å². The molecule has 0 heterocycles. The summed E-state index contributed by atoms with van der Waals surface area (Å²) < 4.78 is 5.29. The highest BCUT2D eigenvalue weighted by atomic mass is 16.5. The van der Waals surface area contributed by atoms with Crippen LogP contribution >= 0.6 is 0 Å². The van der Waals surface area contributed by atoms with Crippen molar-refractivity contribution in [3.05, 3.63) is 0 Å². The van der Waals surface area contributed by atoms with Gasteiger partial charge < -0.3 is 10.5 Å². The van der Waals surface area contributed by atoms with Gasteiger partial charge in [0, 0.05) is 0 Å². The Bertz CT molecular complexity index is 192. The normalized spacial score (nSPS) is 14.9. The van der Waals surface area contributed by atoms with E-state index in [1.165, 1.54) is 19.3 Å². The molecule has 0 radical (unpaired) electrons. The number of esters is 1. The van der Waals surface area contributed by atoms with Gasteiger partial charge in [0.15, 0.2) is 0 Å². The topological polar surface area (TPSA) is 52.3 Å². The molecule has 0 amide bonds. The molecule has 0 aromatic rings. The standard InChI is InChI=1S/C13H27NO2/c1-5-6-7-8-9-11(4)16-13(15)12(14)10(2)3/h10-12H,5-9,14H2,1-4H3. The van der Waals surface area contributed by atoms with Gasteiger partial charge in [0.2, 0.25) is 0 Å². The second kappa shape index (κ2) is 8.57. The number of unbranched alkanes of at least 4 members (excludes halogenated alkanes) is 3. The van der Waals surface area contributed by atoms with Crippen molar-refractivity contribution >= 4 is 5.97 Å². The number of hydrogen-bond acceptors (Lipinski definition) is 3. The van der Waals surface area contributed by atoms with Gasteiger partial charge in [-0.15, -0.1) is 0 Å². The summed E-state index contributed by atoms with van der Waals surface area (Å²) in [4.78, 5) is 11.5. The average molecular weight is 229 g/mol. The second-order valence-electron chi connectivity index (χ2n) is 4.87. The summed E-state index contributed by atoms with van der Waals surface area (Å²) in [5, 5.41) is 0. The van der Waals surface area contributed by atoms with E-state index in [1.807, 2.05) is 20.8 Å². The molecule has 96 valence electrons. The van der Waals surface area contributed by atoms with Crippen molar-refractivity contribution in [3.63, 3.8) is 0 Å². The number of carbonyl (C=O) groups excluding carboxylic acids is 1. The molecule has 0 rings (SSSR count). The van der Waals surface area contributed by atoms with Gasteiger partial charge in [0.25, 0.3) is 0 Å². The van der Waals surface area contributed by atoms with Gasteiger partial charge in [-0.2, -0.15) is 0 Å². The Balaban J connectivity index is 3.69. The first-order valence-corrected chi connectivity index (χ1v) is 6.45. The number of nitrogens with two attached hydrogens (primary N) is 1. The lowest BCUT2D eigenvalue weighted by atomic mass is 10.1. The Morgan fingerprint density at radius 3 is 2.31 bits per heavy atom. The van der Waals surface area contributed by atoms with Gasteiger partial charge in [-0.05, 0) is 25.7 Å². The van der Waals surface area contributed by atoms with Crippen molar-refractivity contribution in [2.24, 2.45) is 11.7 Å². The first-order valence-electron chi connectivity index (χ1n) is 6.45. The molecule has 3 heteroatoms. The third-order valence-corrected chi connectivity index (χ3v) is 2.77. The fourth-order valence-corrected chi connectivity index (χ4v) is 1.47. The molecular weight excluding hydrogens is 202 g/mol. The Morgan fingerprint density at radius 2 is 1.81 bits per heavy atom. The van der Waals surface area contributed by atoms with E-state index in [2.05, 4.69) is 6.92 Å². The molecular formula is C13H27NO2. The smallest absolute Gasteiger partial charge is 0.323 e. The van der Waals surface area contributed by atoms with Crippen LogP contribution in [0.5, 0.6) is 0 Å². The van der Waals surface area contributed by atoms with E-state index in [4.69, 9.17) is 10.5 Å². The maximum absolute atomic E-state index is 11.5. The van der Waals surface area contributed by atoms with Crippen molar-refractivity contribution in [2.75, 3.05) is 0 Å². The highest BCUT2D eigenvalue weighted by Gasteiger charge is 2.20. The predicted molar refractivity (Wildman–Crippen MR) is 67.1 cm³/mol. The van der Waals surface area contributed by atoms with Crippen LogP contribution in [0.2, 0.25) is 0 Å². The Labute approximate surface area is 99.7 Å². The highest BCUT2D eigenvalue weighted by molar-refractivity contribution is 5.75. The van der Waals surface area contributed by atoms with Crippen LogP contribution in [0.3, 0.4) is 0 Å². The zero-order chi connectivity index (χ0) is 12.6. The van der Waals surface area contributed by atoms with Crippen molar-refractivity contribution in [1.29, 1.82) is 0 Å². The minimum atomic E-state index is -0.488. The maximum Gasteiger partial charge on any atom is 0.323 e. The number of hydrogen-bond donors (Lipinski definition) is 1. The molecule has 0 saturated heterocycles. The molecule has 0 fully saturated rings. The number of rotatable bonds is 8. The SMILES string of the molecule is CCCCCCC(C)OC(=O)C(N)C(C)C. The van der Waals surface area contributed by atoms with Gasteiger partial charge in [-0.1, -0.05) is 40.0 Å². The molecule has 2 unspecified atom stereocenters. The van der Waals surface area contributed by atoms with Gasteiger partial charge in [-0.25, -0.2) is 0 Å². The van der Waals surface area contributed by atoms with Crippen molar-refractivity contribution < 1.29 is 9.53 Å².